The molecule has 0 radical (unpaired) electrons. The third-order valence-corrected chi connectivity index (χ3v) is 10.00. The number of nitrogens with zero attached hydrogens (tertiary/aromatic N) is 4. The lowest BCUT2D eigenvalue weighted by molar-refractivity contribution is -0.135. The van der Waals surface area contributed by atoms with Crippen molar-refractivity contribution in [3.8, 4) is 0 Å². The molecule has 2 aliphatic carbocycles. The zero-order chi connectivity index (χ0) is 29.2. The van der Waals surface area contributed by atoms with Gasteiger partial charge in [0, 0.05) is 24.2 Å². The number of esters is 1. The van der Waals surface area contributed by atoms with Crippen LogP contribution in [0.4, 0.5) is 0 Å². The van der Waals surface area contributed by atoms with Crippen LogP contribution in [0.5, 0.6) is 0 Å². The van der Waals surface area contributed by atoms with E-state index in [-0.39, 0.29) is 24.1 Å². The number of para-hydroxylation sites is 2. The van der Waals surface area contributed by atoms with Gasteiger partial charge in [-0.2, -0.15) is 0 Å². The van der Waals surface area contributed by atoms with Gasteiger partial charge in [0.1, 0.15) is 0 Å². The van der Waals surface area contributed by atoms with Crippen LogP contribution in [0, 0.1) is 11.8 Å². The highest BCUT2D eigenvalue weighted by atomic mass is 16.6. The molecule has 4 bridgehead atoms. The number of nitrogens with two attached hydrogens (primary N) is 1. The number of rotatable bonds is 8. The maximum Gasteiger partial charge on any atom is 0.362 e. The molecule has 4 aliphatic rings. The average Bonchev–Trinajstić information content (AvgIpc) is 3.13. The molecule has 6 rings (SSSR count). The fraction of sp³-hybridized carbons (Fsp3) is 0.656. The molecule has 10 nitrogen and oxygen atoms in total. The van der Waals surface area contributed by atoms with Crippen molar-refractivity contribution in [1.82, 2.24) is 14.5 Å². The fourth-order valence-electron chi connectivity index (χ4n) is 8.51. The first-order chi connectivity index (χ1) is 20.4. The second-order valence-electron chi connectivity index (χ2n) is 12.7. The topological polar surface area (TPSA) is 129 Å². The average molecular weight is 578 g/mol. The molecule has 2 aromatic rings. The Morgan fingerprint density at radius 3 is 2.29 bits per heavy atom. The number of hydrogen-bond donors (Lipinski definition) is 1. The van der Waals surface area contributed by atoms with Crippen LogP contribution < -0.4 is 11.3 Å². The number of piperidine rings is 2. The van der Waals surface area contributed by atoms with E-state index in [1.807, 2.05) is 28.8 Å². The number of aromatic nitrogens is 2. The minimum absolute atomic E-state index is 0.0310. The molecule has 4 atom stereocenters. The summed E-state index contributed by atoms with van der Waals surface area (Å²) in [6.45, 7) is 1.22. The van der Waals surface area contributed by atoms with E-state index in [4.69, 9.17) is 15.3 Å². The lowest BCUT2D eigenvalue weighted by atomic mass is 9.73. The van der Waals surface area contributed by atoms with Gasteiger partial charge < -0.3 is 19.9 Å². The highest BCUT2D eigenvalue weighted by molar-refractivity contribution is 6.42. The van der Waals surface area contributed by atoms with Gasteiger partial charge in [-0.1, -0.05) is 49.4 Å². The standard InChI is InChI=1S/C32H43N5O5/c1-2-41-32(40)30(35-42-19-28(33)38)29-31(39)37(27-13-6-5-12-26(27)34-29)25-17-22-10-7-11-23(18-25)36(22)24-15-20-8-3-4-9-21(14-20)16-24/h5-6,12-13,20-25H,2-4,7-11,14-19H2,1H3,(H2,33,38)/b35-30-/t20-,21-,22-,23-/m1/s1. The van der Waals surface area contributed by atoms with Gasteiger partial charge in [-0.25, -0.2) is 9.78 Å². The monoisotopic (exact) mass is 577 g/mol. The molecule has 3 heterocycles. The lowest BCUT2D eigenvalue weighted by Gasteiger charge is -2.54. The van der Waals surface area contributed by atoms with Gasteiger partial charge in [0.25, 0.3) is 11.5 Å². The summed E-state index contributed by atoms with van der Waals surface area (Å²) in [7, 11) is 0. The Labute approximate surface area is 246 Å². The van der Waals surface area contributed by atoms with E-state index in [9.17, 15) is 14.4 Å². The zero-order valence-corrected chi connectivity index (χ0v) is 24.6. The maximum atomic E-state index is 14.3. The number of hydrogen-bond acceptors (Lipinski definition) is 8. The second kappa shape index (κ2) is 12.5. The van der Waals surface area contributed by atoms with Crippen molar-refractivity contribution in [1.29, 1.82) is 0 Å². The molecule has 4 fully saturated rings. The molecular formula is C32H43N5O5. The number of ether oxygens (including phenoxy) is 1. The lowest BCUT2D eigenvalue weighted by Crippen LogP contribution is -2.58. The van der Waals surface area contributed by atoms with Crippen molar-refractivity contribution in [2.45, 2.75) is 108 Å². The third-order valence-electron chi connectivity index (χ3n) is 10.00. The minimum atomic E-state index is -0.834. The minimum Gasteiger partial charge on any atom is -0.461 e. The van der Waals surface area contributed by atoms with Gasteiger partial charge in [0.2, 0.25) is 5.71 Å². The first-order valence-electron chi connectivity index (χ1n) is 15.9. The number of amides is 1. The summed E-state index contributed by atoms with van der Waals surface area (Å²) < 4.78 is 7.03. The molecule has 2 aliphatic heterocycles. The number of primary amides is 1. The number of carbonyl (C=O) groups is 2. The molecule has 2 N–H and O–H groups in total. The van der Waals surface area contributed by atoms with Gasteiger partial charge in [0.15, 0.2) is 12.3 Å². The fourth-order valence-corrected chi connectivity index (χ4v) is 8.51. The summed E-state index contributed by atoms with van der Waals surface area (Å²) in [5.41, 5.74) is 5.62. The zero-order valence-electron chi connectivity index (χ0n) is 24.6. The summed E-state index contributed by atoms with van der Waals surface area (Å²) in [5.74, 6) is 0.142. The van der Waals surface area contributed by atoms with Gasteiger partial charge in [0.05, 0.1) is 17.6 Å². The summed E-state index contributed by atoms with van der Waals surface area (Å²) in [6, 6.07) is 9.02. The highest BCUT2D eigenvalue weighted by Gasteiger charge is 2.45. The van der Waals surface area contributed by atoms with Crippen molar-refractivity contribution in [2.75, 3.05) is 13.2 Å². The summed E-state index contributed by atoms with van der Waals surface area (Å²) in [5, 5.41) is 3.83. The molecule has 226 valence electrons. The van der Waals surface area contributed by atoms with E-state index in [0.717, 1.165) is 43.0 Å². The van der Waals surface area contributed by atoms with Crippen molar-refractivity contribution in [3.05, 3.63) is 40.3 Å². The van der Waals surface area contributed by atoms with Crippen LogP contribution in [0.15, 0.2) is 34.2 Å². The van der Waals surface area contributed by atoms with E-state index in [1.165, 1.54) is 51.4 Å². The van der Waals surface area contributed by atoms with Crippen LogP contribution in [0.1, 0.15) is 95.7 Å². The Morgan fingerprint density at radius 2 is 1.62 bits per heavy atom. The van der Waals surface area contributed by atoms with Crippen LogP contribution in [0.3, 0.4) is 0 Å². The molecule has 0 spiro atoms. The van der Waals surface area contributed by atoms with Crippen molar-refractivity contribution in [3.63, 3.8) is 0 Å². The molecule has 2 saturated heterocycles. The summed E-state index contributed by atoms with van der Waals surface area (Å²) in [4.78, 5) is 50.9. The third kappa shape index (κ3) is 5.82. The van der Waals surface area contributed by atoms with Crippen LogP contribution in [0.25, 0.3) is 11.0 Å². The predicted molar refractivity (Wildman–Crippen MR) is 159 cm³/mol. The van der Waals surface area contributed by atoms with Gasteiger partial charge in [-0.15, -0.1) is 0 Å². The first-order valence-corrected chi connectivity index (χ1v) is 15.9. The van der Waals surface area contributed by atoms with Gasteiger partial charge >= 0.3 is 5.97 Å². The Bertz CT molecular complexity index is 1380. The van der Waals surface area contributed by atoms with E-state index >= 15 is 0 Å². The highest BCUT2D eigenvalue weighted by Crippen LogP contribution is 2.47. The number of fused-ring (bicyclic) bond motifs is 5. The first kappa shape index (κ1) is 28.8. The second-order valence-corrected chi connectivity index (χ2v) is 12.7. The Kier molecular flexibility index (Phi) is 8.60. The van der Waals surface area contributed by atoms with E-state index in [1.54, 1.807) is 6.92 Å². The van der Waals surface area contributed by atoms with Crippen molar-refractivity contribution >= 4 is 28.6 Å². The predicted octanol–water partition coefficient (Wildman–Crippen LogP) is 4.08. The number of benzene rings is 1. The smallest absolute Gasteiger partial charge is 0.362 e. The summed E-state index contributed by atoms with van der Waals surface area (Å²) in [6.07, 6.45) is 14.9. The molecule has 2 saturated carbocycles. The number of oxime groups is 1. The Balaban J connectivity index is 1.35. The van der Waals surface area contributed by atoms with Crippen LogP contribution in [-0.2, 0) is 19.2 Å². The Hall–Kier alpha value is -3.27. The van der Waals surface area contributed by atoms with E-state index < -0.39 is 24.0 Å². The molecule has 0 unspecified atom stereocenters. The number of carbonyl (C=O) groups excluding carboxylic acids is 2. The molecule has 1 aromatic carbocycles. The van der Waals surface area contributed by atoms with Gasteiger partial charge in [-0.3, -0.25) is 14.5 Å². The molecule has 10 heteroatoms. The van der Waals surface area contributed by atoms with E-state index in [2.05, 4.69) is 15.0 Å². The molecule has 42 heavy (non-hydrogen) atoms. The SMILES string of the molecule is CCOC(=O)/C(=N\OCC(N)=O)c1nc2ccccc2n(C2C[C@H]3CCC[C@H](C2)N3C2C[C@@H]3CCCC[C@@H](C2)C3)c1=O. The van der Waals surface area contributed by atoms with Crippen molar-refractivity contribution < 1.29 is 19.2 Å². The van der Waals surface area contributed by atoms with Crippen molar-refractivity contribution in [2.24, 2.45) is 22.7 Å². The van der Waals surface area contributed by atoms with Gasteiger partial charge in [-0.05, 0) is 75.8 Å². The van der Waals surface area contributed by atoms with E-state index in [0.29, 0.717) is 23.6 Å². The largest absolute Gasteiger partial charge is 0.461 e. The van der Waals surface area contributed by atoms with Crippen LogP contribution >= 0.6 is 0 Å². The maximum absolute atomic E-state index is 14.3. The summed E-state index contributed by atoms with van der Waals surface area (Å²) >= 11 is 0. The Morgan fingerprint density at radius 1 is 0.929 bits per heavy atom. The quantitative estimate of drug-likeness (QED) is 0.284. The van der Waals surface area contributed by atoms with Crippen LogP contribution in [0.2, 0.25) is 0 Å². The molecular weight excluding hydrogens is 534 g/mol. The molecule has 1 aromatic heterocycles. The normalized spacial score (nSPS) is 30.0. The van der Waals surface area contributed by atoms with Crippen LogP contribution in [-0.4, -0.2) is 63.4 Å². The molecule has 1 amide bonds.